The monoisotopic (exact) mass is 418 g/mol. The highest BCUT2D eigenvalue weighted by molar-refractivity contribution is 6.03. The van der Waals surface area contributed by atoms with Gasteiger partial charge in [0.25, 0.3) is 5.54 Å². The Bertz CT molecular complexity index is 866. The van der Waals surface area contributed by atoms with Crippen molar-refractivity contribution in [2.24, 2.45) is 10.4 Å². The quantitative estimate of drug-likeness (QED) is 0.601. The van der Waals surface area contributed by atoms with E-state index in [1.54, 1.807) is 44.2 Å². The summed E-state index contributed by atoms with van der Waals surface area (Å²) in [5, 5.41) is 0. The minimum absolute atomic E-state index is 0.0180. The molecule has 1 aromatic rings. The second-order valence-electron chi connectivity index (χ2n) is 8.20. The normalized spacial score (nSPS) is 21.8. The number of aliphatic imine (C=N–C) groups is 1. The molecule has 0 aromatic heterocycles. The van der Waals surface area contributed by atoms with Gasteiger partial charge < -0.3 is 4.90 Å². The fourth-order valence-electron chi connectivity index (χ4n) is 4.03. The third-order valence-electron chi connectivity index (χ3n) is 5.26. The SMILES string of the molecule is CC1=NC(C(F)(F)F)(C(F)(F)F)C2=C(CC(C)(C)CC2=O)N1Cc1ccccc1. The van der Waals surface area contributed by atoms with E-state index in [0.717, 1.165) is 6.92 Å². The van der Waals surface area contributed by atoms with Crippen molar-refractivity contribution in [1.29, 1.82) is 0 Å². The lowest BCUT2D eigenvalue weighted by atomic mass is 9.69. The number of alkyl halides is 6. The number of hydrogen-bond acceptors (Lipinski definition) is 3. The summed E-state index contributed by atoms with van der Waals surface area (Å²) in [6.07, 6.45) is -12.1. The molecule has 1 aliphatic carbocycles. The largest absolute Gasteiger partial charge is 0.427 e. The summed E-state index contributed by atoms with van der Waals surface area (Å²) in [7, 11) is 0. The Hall–Kier alpha value is -2.32. The average molecular weight is 418 g/mol. The fourth-order valence-corrected chi connectivity index (χ4v) is 4.03. The molecule has 0 N–H and O–H groups in total. The molecule has 0 saturated heterocycles. The number of ketones is 1. The van der Waals surface area contributed by atoms with Crippen LogP contribution in [0.2, 0.25) is 0 Å². The topological polar surface area (TPSA) is 32.7 Å². The molecule has 0 bridgehead atoms. The van der Waals surface area contributed by atoms with Crippen molar-refractivity contribution in [3.05, 3.63) is 47.2 Å². The van der Waals surface area contributed by atoms with Gasteiger partial charge in [0.15, 0.2) is 5.78 Å². The van der Waals surface area contributed by atoms with Gasteiger partial charge in [-0.2, -0.15) is 26.3 Å². The molecule has 3 nitrogen and oxygen atoms in total. The lowest BCUT2D eigenvalue weighted by Gasteiger charge is -2.47. The first kappa shape index (κ1) is 21.4. The second kappa shape index (κ2) is 6.60. The standard InChI is InChI=1S/C20H20F6N2O/c1-12-27-18(19(21,22)23,20(24,25)26)16-14(9-17(2,3)10-15(16)29)28(12)11-13-7-5-4-6-8-13/h4-8H,9-11H2,1-3H3. The molecule has 29 heavy (non-hydrogen) atoms. The lowest BCUT2D eigenvalue weighted by molar-refractivity contribution is -0.283. The molecule has 3 rings (SSSR count). The minimum Gasteiger partial charge on any atom is -0.329 e. The molecule has 0 spiro atoms. The number of carbonyl (C=O) groups excluding carboxylic acids is 1. The van der Waals surface area contributed by atoms with Gasteiger partial charge in [-0.05, 0) is 24.3 Å². The van der Waals surface area contributed by atoms with Crippen LogP contribution in [0.5, 0.6) is 0 Å². The van der Waals surface area contributed by atoms with Crippen molar-refractivity contribution in [2.75, 3.05) is 0 Å². The summed E-state index contributed by atoms with van der Waals surface area (Å²) in [6, 6.07) is 8.59. The third-order valence-corrected chi connectivity index (χ3v) is 5.26. The van der Waals surface area contributed by atoms with Gasteiger partial charge in [-0.3, -0.25) is 4.79 Å². The van der Waals surface area contributed by atoms with E-state index in [4.69, 9.17) is 0 Å². The molecule has 0 fully saturated rings. The highest BCUT2D eigenvalue weighted by atomic mass is 19.4. The average Bonchev–Trinajstić information content (AvgIpc) is 2.55. The molecule has 0 atom stereocenters. The maximum Gasteiger partial charge on any atom is 0.427 e. The Kier molecular flexibility index (Phi) is 4.87. The molecule has 1 aliphatic heterocycles. The first-order valence-corrected chi connectivity index (χ1v) is 8.98. The van der Waals surface area contributed by atoms with Crippen LogP contribution in [0.25, 0.3) is 0 Å². The molecule has 0 radical (unpaired) electrons. The van der Waals surface area contributed by atoms with Crippen LogP contribution in [0.15, 0.2) is 46.6 Å². The summed E-state index contributed by atoms with van der Waals surface area (Å²) in [6.45, 7) is 4.44. The summed E-state index contributed by atoms with van der Waals surface area (Å²) >= 11 is 0. The molecular weight excluding hydrogens is 398 g/mol. The molecule has 158 valence electrons. The number of Topliss-reactive ketones (excluding diaryl/α,β-unsaturated/α-hetero) is 1. The Morgan fingerprint density at radius 2 is 1.55 bits per heavy atom. The van der Waals surface area contributed by atoms with Gasteiger partial charge in [0.05, 0.1) is 5.57 Å². The van der Waals surface area contributed by atoms with Gasteiger partial charge >= 0.3 is 12.4 Å². The Labute approximate surface area is 164 Å². The van der Waals surface area contributed by atoms with Crippen LogP contribution in [0.3, 0.4) is 0 Å². The van der Waals surface area contributed by atoms with Gasteiger partial charge in [-0.25, -0.2) is 4.99 Å². The number of benzene rings is 1. The maximum atomic E-state index is 13.9. The summed E-state index contributed by atoms with van der Waals surface area (Å²) < 4.78 is 83.5. The van der Waals surface area contributed by atoms with Gasteiger partial charge in [-0.1, -0.05) is 44.2 Å². The van der Waals surface area contributed by atoms with E-state index in [9.17, 15) is 31.1 Å². The number of hydrogen-bond donors (Lipinski definition) is 0. The predicted molar refractivity (Wildman–Crippen MR) is 95.0 cm³/mol. The van der Waals surface area contributed by atoms with Gasteiger partial charge in [-0.15, -0.1) is 0 Å². The molecule has 0 amide bonds. The van der Waals surface area contributed by atoms with Crippen molar-refractivity contribution >= 4 is 11.6 Å². The van der Waals surface area contributed by atoms with E-state index in [1.165, 1.54) is 4.90 Å². The molecule has 9 heteroatoms. The first-order valence-electron chi connectivity index (χ1n) is 8.98. The second-order valence-corrected chi connectivity index (χ2v) is 8.20. The highest BCUT2D eigenvalue weighted by Gasteiger charge is 2.76. The maximum absolute atomic E-state index is 13.9. The highest BCUT2D eigenvalue weighted by Crippen LogP contribution is 2.56. The zero-order valence-electron chi connectivity index (χ0n) is 16.1. The smallest absolute Gasteiger partial charge is 0.329 e. The molecule has 0 saturated carbocycles. The van der Waals surface area contributed by atoms with E-state index in [2.05, 4.69) is 4.99 Å². The van der Waals surface area contributed by atoms with Gasteiger partial charge in [0.2, 0.25) is 0 Å². The fraction of sp³-hybridized carbons (Fsp3) is 0.500. The molecule has 2 aliphatic rings. The summed E-state index contributed by atoms with van der Waals surface area (Å²) in [5.41, 5.74) is -6.18. The van der Waals surface area contributed by atoms with Crippen LogP contribution in [0.4, 0.5) is 26.3 Å². The van der Waals surface area contributed by atoms with Gasteiger partial charge in [0.1, 0.15) is 5.84 Å². The first-order chi connectivity index (χ1) is 13.2. The number of carbonyl (C=O) groups is 1. The Morgan fingerprint density at radius 3 is 2.07 bits per heavy atom. The zero-order chi connectivity index (χ0) is 21.8. The van der Waals surface area contributed by atoms with E-state index in [0.29, 0.717) is 5.56 Å². The number of rotatable bonds is 2. The van der Waals surface area contributed by atoms with Gasteiger partial charge in [0, 0.05) is 18.7 Å². The molecule has 0 unspecified atom stereocenters. The van der Waals surface area contributed by atoms with E-state index in [1.807, 2.05) is 0 Å². The molecular formula is C20H20F6N2O. The van der Waals surface area contributed by atoms with Crippen molar-refractivity contribution in [2.45, 2.75) is 58.0 Å². The molecule has 1 heterocycles. The van der Waals surface area contributed by atoms with Crippen molar-refractivity contribution < 1.29 is 31.1 Å². The lowest BCUT2D eigenvalue weighted by Crippen LogP contribution is -2.63. The molecule has 1 aromatic carbocycles. The van der Waals surface area contributed by atoms with Crippen LogP contribution < -0.4 is 0 Å². The van der Waals surface area contributed by atoms with Crippen LogP contribution in [0.1, 0.15) is 39.2 Å². The van der Waals surface area contributed by atoms with Crippen molar-refractivity contribution in [3.63, 3.8) is 0 Å². The third kappa shape index (κ3) is 3.44. The number of nitrogens with zero attached hydrogens (tertiary/aromatic N) is 2. The van der Waals surface area contributed by atoms with E-state index < -0.39 is 46.9 Å². The van der Waals surface area contributed by atoms with Crippen LogP contribution in [-0.2, 0) is 11.3 Å². The van der Waals surface area contributed by atoms with E-state index >= 15 is 0 Å². The van der Waals surface area contributed by atoms with Crippen molar-refractivity contribution in [3.8, 4) is 0 Å². The van der Waals surface area contributed by atoms with Crippen LogP contribution in [-0.4, -0.2) is 34.4 Å². The van der Waals surface area contributed by atoms with Crippen LogP contribution >= 0.6 is 0 Å². The van der Waals surface area contributed by atoms with Crippen molar-refractivity contribution in [1.82, 2.24) is 4.90 Å². The zero-order valence-corrected chi connectivity index (χ0v) is 16.1. The summed E-state index contributed by atoms with van der Waals surface area (Å²) in [5.74, 6) is -1.59. The number of amidine groups is 1. The Balaban J connectivity index is 2.28. The summed E-state index contributed by atoms with van der Waals surface area (Å²) in [4.78, 5) is 17.1. The van der Waals surface area contributed by atoms with E-state index in [-0.39, 0.29) is 18.7 Å². The predicted octanol–water partition coefficient (Wildman–Crippen LogP) is 5.43. The van der Waals surface area contributed by atoms with Crippen LogP contribution in [0, 0.1) is 5.41 Å². The Morgan fingerprint density at radius 1 is 1.00 bits per heavy atom. The number of halogens is 6. The number of allylic oxidation sites excluding steroid dienone is 1. The minimum atomic E-state index is -5.80.